The fourth-order valence-corrected chi connectivity index (χ4v) is 5.85. The molecule has 38 heavy (non-hydrogen) atoms. The van der Waals surface area contributed by atoms with Gasteiger partial charge < -0.3 is 25.7 Å². The van der Waals surface area contributed by atoms with Crippen LogP contribution in [0.5, 0.6) is 0 Å². The Balaban J connectivity index is 2.00. The van der Waals surface area contributed by atoms with Gasteiger partial charge in [-0.05, 0) is 45.7 Å². The third-order valence-corrected chi connectivity index (χ3v) is 6.98. The first kappa shape index (κ1) is 29.7. The number of aliphatic imine (C=N–C) groups is 1. The van der Waals surface area contributed by atoms with E-state index in [1.807, 2.05) is 31.2 Å². The quantitative estimate of drug-likeness (QED) is 0.223. The fraction of sp³-hybridized carbons (Fsp3) is 0.560. The van der Waals surface area contributed by atoms with Crippen molar-refractivity contribution in [2.45, 2.75) is 52.0 Å². The van der Waals surface area contributed by atoms with Gasteiger partial charge in [0, 0.05) is 13.2 Å². The van der Waals surface area contributed by atoms with Crippen LogP contribution < -0.4 is 25.5 Å². The molecule has 2 aromatic rings. The molecule has 13 heteroatoms. The number of para-hydroxylation sites is 1. The van der Waals surface area contributed by atoms with E-state index in [1.165, 1.54) is 0 Å². The molecule has 0 bridgehead atoms. The predicted molar refractivity (Wildman–Crippen MR) is 146 cm³/mol. The van der Waals surface area contributed by atoms with Crippen LogP contribution in [-0.4, -0.2) is 70.0 Å². The van der Waals surface area contributed by atoms with E-state index >= 15 is 0 Å². The van der Waals surface area contributed by atoms with Crippen molar-refractivity contribution in [3.05, 3.63) is 24.3 Å². The monoisotopic (exact) mass is 550 g/mol. The van der Waals surface area contributed by atoms with Crippen molar-refractivity contribution in [3.63, 3.8) is 0 Å². The maximum atomic E-state index is 12.2. The molecule has 1 aromatic carbocycles. The van der Waals surface area contributed by atoms with Crippen LogP contribution in [0.4, 0.5) is 22.0 Å². The van der Waals surface area contributed by atoms with E-state index < -0.39 is 21.7 Å². The molecule has 0 spiro atoms. The molecule has 210 valence electrons. The number of amides is 1. The maximum absolute atomic E-state index is 12.2. The molecular formula is C25H38N6O6S. The fourth-order valence-electron chi connectivity index (χ4n) is 4.78. The zero-order chi connectivity index (χ0) is 28.0. The molecule has 1 unspecified atom stereocenters. The number of amidine groups is 1. The van der Waals surface area contributed by atoms with E-state index in [0.717, 1.165) is 24.5 Å². The molecule has 0 saturated heterocycles. The Morgan fingerprint density at radius 1 is 1.18 bits per heavy atom. The SMILES string of the molecule is CCOCC1=Nc2c(N)nc3ccccc3c2[N+]1(CC(C)(C)NS(C)(=O)=O)OCCCCCCNC(=O)[O-]. The highest BCUT2D eigenvalue weighted by molar-refractivity contribution is 7.88. The van der Waals surface area contributed by atoms with E-state index in [9.17, 15) is 18.3 Å². The molecule has 0 saturated carbocycles. The smallest absolute Gasteiger partial charge is 0.268 e. The van der Waals surface area contributed by atoms with E-state index in [2.05, 4.69) is 15.0 Å². The Hall–Kier alpha value is -2.84. The van der Waals surface area contributed by atoms with Gasteiger partial charge in [0.05, 0.1) is 22.7 Å². The molecule has 1 amide bonds. The average Bonchev–Trinajstić information content (AvgIpc) is 3.11. The summed E-state index contributed by atoms with van der Waals surface area (Å²) in [7, 11) is -3.53. The van der Waals surface area contributed by atoms with Gasteiger partial charge in [0.1, 0.15) is 25.9 Å². The summed E-state index contributed by atoms with van der Waals surface area (Å²) in [4.78, 5) is 26.6. The molecule has 1 atom stereocenters. The zero-order valence-electron chi connectivity index (χ0n) is 22.5. The molecule has 3 rings (SSSR count). The highest BCUT2D eigenvalue weighted by atomic mass is 32.2. The Bertz CT molecular complexity index is 1280. The van der Waals surface area contributed by atoms with E-state index in [1.54, 1.807) is 13.8 Å². The number of nitrogens with zero attached hydrogens (tertiary/aromatic N) is 3. The largest absolute Gasteiger partial charge is 0.530 e. The second-order valence-corrected chi connectivity index (χ2v) is 11.7. The van der Waals surface area contributed by atoms with Gasteiger partial charge in [-0.1, -0.05) is 29.6 Å². The van der Waals surface area contributed by atoms with E-state index in [0.29, 0.717) is 55.3 Å². The molecule has 2 heterocycles. The highest BCUT2D eigenvalue weighted by Gasteiger charge is 2.52. The van der Waals surface area contributed by atoms with Gasteiger partial charge in [-0.25, -0.2) is 18.1 Å². The van der Waals surface area contributed by atoms with Crippen LogP contribution in [0.1, 0.15) is 46.5 Å². The lowest BCUT2D eigenvalue weighted by molar-refractivity contribution is -0.250. The number of quaternary nitrogens is 1. The van der Waals surface area contributed by atoms with Crippen molar-refractivity contribution < 1.29 is 27.9 Å². The van der Waals surface area contributed by atoms with Gasteiger partial charge in [-0.3, -0.25) is 0 Å². The predicted octanol–water partition coefficient (Wildman–Crippen LogP) is 1.96. The first-order chi connectivity index (χ1) is 17.9. The number of hydroxylamine groups is 2. The number of aromatic nitrogens is 1. The summed E-state index contributed by atoms with van der Waals surface area (Å²) in [5.74, 6) is 0.804. The van der Waals surface area contributed by atoms with Crippen LogP contribution in [0.2, 0.25) is 0 Å². The minimum atomic E-state index is -3.53. The number of fused-ring (bicyclic) bond motifs is 3. The van der Waals surface area contributed by atoms with Crippen LogP contribution in [-0.2, 0) is 19.6 Å². The molecule has 1 aromatic heterocycles. The van der Waals surface area contributed by atoms with Crippen molar-refractivity contribution in [3.8, 4) is 0 Å². The summed E-state index contributed by atoms with van der Waals surface area (Å²) in [6, 6.07) is 7.56. The number of anilines is 1. The number of benzene rings is 1. The number of unbranched alkanes of at least 4 members (excludes halogenated alkanes) is 3. The van der Waals surface area contributed by atoms with Crippen LogP contribution in [0.25, 0.3) is 10.9 Å². The number of nitrogens with two attached hydrogens (primary N) is 1. The maximum Gasteiger partial charge on any atom is 0.268 e. The standard InChI is InChI=1S/C25H38N6O6S/c1-5-36-16-20-29-21-22(18-12-8-9-13-19(18)28-23(21)26)31(20,17-25(2,3)30-38(4,34)35)37-15-11-7-6-10-14-27-24(32)33/h8-9,12-13,27,30H,5-7,10-11,14-17H2,1-4H3,(H2-,26,28,32,33). The van der Waals surface area contributed by atoms with E-state index in [4.69, 9.17) is 20.3 Å². The van der Waals surface area contributed by atoms with Crippen LogP contribution in [0.3, 0.4) is 0 Å². The van der Waals surface area contributed by atoms with Crippen LogP contribution in [0.15, 0.2) is 29.3 Å². The summed E-state index contributed by atoms with van der Waals surface area (Å²) in [5, 5.41) is 13.6. The molecule has 12 nitrogen and oxygen atoms in total. The van der Waals surface area contributed by atoms with Crippen molar-refractivity contribution in [1.82, 2.24) is 19.7 Å². The van der Waals surface area contributed by atoms with Gasteiger partial charge in [0.2, 0.25) is 15.7 Å². The second kappa shape index (κ2) is 12.3. The van der Waals surface area contributed by atoms with E-state index in [-0.39, 0.29) is 23.6 Å². The summed E-state index contributed by atoms with van der Waals surface area (Å²) < 4.78 is 32.8. The highest BCUT2D eigenvalue weighted by Crippen LogP contribution is 2.49. The Morgan fingerprint density at radius 2 is 1.89 bits per heavy atom. The second-order valence-electron chi connectivity index (χ2n) is 9.99. The minimum absolute atomic E-state index is 0.156. The van der Waals surface area contributed by atoms with Crippen LogP contribution >= 0.6 is 0 Å². The number of nitrogen functional groups attached to an aromatic ring is 1. The molecule has 0 aliphatic carbocycles. The molecule has 0 fully saturated rings. The Labute approximate surface area is 223 Å². The third-order valence-electron chi connectivity index (χ3n) is 6.05. The Kier molecular flexibility index (Phi) is 9.65. The number of rotatable bonds is 15. The average molecular weight is 551 g/mol. The Morgan fingerprint density at radius 3 is 2.58 bits per heavy atom. The first-order valence-electron chi connectivity index (χ1n) is 12.7. The minimum Gasteiger partial charge on any atom is -0.530 e. The number of carbonyl (C=O) groups excluding carboxylic acids is 1. The van der Waals surface area contributed by atoms with Crippen molar-refractivity contribution >= 4 is 50.0 Å². The molecule has 4 N–H and O–H groups in total. The van der Waals surface area contributed by atoms with Gasteiger partial charge in [0.15, 0.2) is 11.5 Å². The van der Waals surface area contributed by atoms with Crippen molar-refractivity contribution in [2.24, 2.45) is 4.99 Å². The molecular weight excluding hydrogens is 512 g/mol. The molecule has 1 aliphatic heterocycles. The first-order valence-corrected chi connectivity index (χ1v) is 14.6. The number of carbonyl (C=O) groups is 1. The number of sulfonamides is 1. The third kappa shape index (κ3) is 7.38. The number of carboxylic acid groups (broad SMARTS) is 1. The zero-order valence-corrected chi connectivity index (χ0v) is 23.3. The summed E-state index contributed by atoms with van der Waals surface area (Å²) in [6.45, 7) is 6.94. The summed E-state index contributed by atoms with van der Waals surface area (Å²) >= 11 is 0. The summed E-state index contributed by atoms with van der Waals surface area (Å²) in [5.41, 5.74) is 7.30. The topological polar surface area (TPSA) is 168 Å². The lowest BCUT2D eigenvalue weighted by Gasteiger charge is -2.38. The van der Waals surface area contributed by atoms with Gasteiger partial charge in [0.25, 0.3) is 5.84 Å². The lowest BCUT2D eigenvalue weighted by Crippen LogP contribution is -2.63. The van der Waals surface area contributed by atoms with Gasteiger partial charge in [-0.15, -0.1) is 0 Å². The number of pyridine rings is 1. The number of hydrogen-bond acceptors (Lipinski definition) is 9. The van der Waals surface area contributed by atoms with Crippen molar-refractivity contribution in [2.75, 3.05) is 44.9 Å². The number of ether oxygens (including phenoxy) is 1. The normalized spacial score (nSPS) is 17.4. The molecule has 1 aliphatic rings. The van der Waals surface area contributed by atoms with Crippen molar-refractivity contribution in [1.29, 1.82) is 0 Å². The number of hydrogen-bond donors (Lipinski definition) is 3. The lowest BCUT2D eigenvalue weighted by atomic mass is 10.0. The summed E-state index contributed by atoms with van der Waals surface area (Å²) in [6.07, 6.45) is 2.84. The van der Waals surface area contributed by atoms with Gasteiger partial charge >= 0.3 is 0 Å². The van der Waals surface area contributed by atoms with Crippen LogP contribution in [0, 0.1) is 0 Å². The van der Waals surface area contributed by atoms with Gasteiger partial charge in [-0.2, -0.15) is 9.83 Å². The number of nitrogens with one attached hydrogen (secondary N) is 2. The molecule has 0 radical (unpaired) electrons.